The molecule has 1 amide bonds. The van der Waals surface area contributed by atoms with Gasteiger partial charge in [-0.05, 0) is 24.1 Å². The van der Waals surface area contributed by atoms with Gasteiger partial charge in [0.15, 0.2) is 18.0 Å². The van der Waals surface area contributed by atoms with Gasteiger partial charge in [-0.1, -0.05) is 48.9 Å². The summed E-state index contributed by atoms with van der Waals surface area (Å²) >= 11 is 6.09. The third kappa shape index (κ3) is 5.16. The molecule has 3 heterocycles. The van der Waals surface area contributed by atoms with Gasteiger partial charge in [-0.15, -0.1) is 0 Å². The quantitative estimate of drug-likeness (QED) is 0.229. The average Bonchev–Trinajstić information content (AvgIpc) is 2.86. The van der Waals surface area contributed by atoms with E-state index in [-0.39, 0.29) is 41.9 Å². The molecule has 0 aliphatic carbocycles. The summed E-state index contributed by atoms with van der Waals surface area (Å²) in [6.07, 6.45) is 2.99. The highest BCUT2D eigenvalue weighted by atomic mass is 35.5. The van der Waals surface area contributed by atoms with Crippen LogP contribution in [0.15, 0.2) is 71.8 Å². The van der Waals surface area contributed by atoms with Crippen LogP contribution < -0.4 is 16.0 Å². The maximum Gasteiger partial charge on any atom is 0.263 e. The molecule has 0 saturated carbocycles. The number of aromatic nitrogens is 4. The van der Waals surface area contributed by atoms with Gasteiger partial charge in [-0.3, -0.25) is 14.2 Å². The van der Waals surface area contributed by atoms with Crippen molar-refractivity contribution in [1.82, 2.24) is 19.4 Å². The molecule has 4 rings (SSSR count). The lowest BCUT2D eigenvalue weighted by Crippen LogP contribution is -2.41. The molecule has 0 spiro atoms. The summed E-state index contributed by atoms with van der Waals surface area (Å²) in [5.41, 5.74) is 7.06. The molecule has 1 unspecified atom stereocenters. The number of carbonyl (C=O) groups is 1. The molecule has 0 fully saturated rings. The van der Waals surface area contributed by atoms with E-state index in [1.165, 1.54) is 24.5 Å². The monoisotopic (exact) mass is 492 g/mol. The lowest BCUT2D eigenvalue weighted by molar-refractivity contribution is -0.605. The molecule has 1 aromatic carbocycles. The van der Waals surface area contributed by atoms with Crippen molar-refractivity contribution in [2.75, 3.05) is 13.1 Å². The van der Waals surface area contributed by atoms with Crippen LogP contribution in [-0.4, -0.2) is 38.4 Å². The van der Waals surface area contributed by atoms with E-state index in [0.717, 1.165) is 5.56 Å². The van der Waals surface area contributed by atoms with Crippen molar-refractivity contribution in [2.24, 2.45) is 5.73 Å². The first-order valence-corrected chi connectivity index (χ1v) is 11.6. The van der Waals surface area contributed by atoms with Crippen LogP contribution in [0.3, 0.4) is 0 Å². The second kappa shape index (κ2) is 10.6. The molecule has 3 aromatic heterocycles. The topological polar surface area (TPSA) is 121 Å². The van der Waals surface area contributed by atoms with Crippen molar-refractivity contribution >= 4 is 28.5 Å². The van der Waals surface area contributed by atoms with Crippen molar-refractivity contribution in [1.29, 1.82) is 0 Å². The Morgan fingerprint density at radius 1 is 1.14 bits per heavy atom. The lowest BCUT2D eigenvalue weighted by atomic mass is 10.1. The Hall–Kier alpha value is -3.82. The molecule has 10 heteroatoms. The predicted molar refractivity (Wildman–Crippen MR) is 133 cm³/mol. The molecule has 4 aromatic rings. The molecule has 1 atom stereocenters. The molecular weight excluding hydrogens is 468 g/mol. The summed E-state index contributed by atoms with van der Waals surface area (Å²) in [7, 11) is 0. The number of amides is 1. The third-order valence-corrected chi connectivity index (χ3v) is 5.95. The number of hydrogen-bond donors (Lipinski definition) is 1. The maximum atomic E-state index is 13.6. The lowest BCUT2D eigenvalue weighted by Gasteiger charge is -2.32. The number of benzene rings is 1. The zero-order chi connectivity index (χ0) is 24.9. The van der Waals surface area contributed by atoms with E-state index in [9.17, 15) is 14.8 Å². The Balaban J connectivity index is 1.89. The smallest absolute Gasteiger partial charge is 0.263 e. The van der Waals surface area contributed by atoms with Gasteiger partial charge in [0.2, 0.25) is 0 Å². The highest BCUT2D eigenvalue weighted by Gasteiger charge is 2.29. The zero-order valence-electron chi connectivity index (χ0n) is 19.2. The molecule has 0 aliphatic heterocycles. The largest absolute Gasteiger partial charge is 0.619 e. The maximum absolute atomic E-state index is 13.6. The molecule has 0 saturated heterocycles. The Kier molecular flexibility index (Phi) is 7.38. The number of nitrogens with two attached hydrogens (primary N) is 1. The van der Waals surface area contributed by atoms with Gasteiger partial charge in [0, 0.05) is 25.2 Å². The van der Waals surface area contributed by atoms with Gasteiger partial charge in [-0.25, -0.2) is 9.97 Å². The number of fused-ring (bicyclic) bond motifs is 1. The molecular formula is C25H25ClN6O3. The van der Waals surface area contributed by atoms with Crippen LogP contribution in [0, 0.1) is 5.21 Å². The fourth-order valence-corrected chi connectivity index (χ4v) is 4.21. The van der Waals surface area contributed by atoms with E-state index in [1.54, 1.807) is 21.6 Å². The molecule has 0 aliphatic rings. The van der Waals surface area contributed by atoms with E-state index in [4.69, 9.17) is 22.3 Å². The van der Waals surface area contributed by atoms with Crippen molar-refractivity contribution in [3.05, 3.63) is 105 Å². The second-order valence-electron chi connectivity index (χ2n) is 8.01. The average molecular weight is 493 g/mol. The van der Waals surface area contributed by atoms with Crippen LogP contribution >= 0.6 is 11.6 Å². The third-order valence-electron chi connectivity index (χ3n) is 5.74. The molecule has 0 bridgehead atoms. The van der Waals surface area contributed by atoms with Crippen molar-refractivity contribution in [2.45, 2.75) is 25.9 Å². The Morgan fingerprint density at radius 3 is 2.51 bits per heavy atom. The van der Waals surface area contributed by atoms with Crippen LogP contribution in [-0.2, 0) is 6.54 Å². The minimum atomic E-state index is -0.577. The number of halogens is 1. The number of nitrogens with zero attached hydrogens (tertiary/aromatic N) is 5. The number of carbonyl (C=O) groups excluding carboxylic acids is 1. The van der Waals surface area contributed by atoms with E-state index in [1.807, 2.05) is 37.3 Å². The van der Waals surface area contributed by atoms with Crippen LogP contribution in [0.2, 0.25) is 5.15 Å². The number of rotatable bonds is 8. The van der Waals surface area contributed by atoms with Gasteiger partial charge in [-0.2, -0.15) is 4.73 Å². The molecule has 9 nitrogen and oxygen atoms in total. The summed E-state index contributed by atoms with van der Waals surface area (Å²) in [6, 6.07) is 15.0. The molecule has 180 valence electrons. The summed E-state index contributed by atoms with van der Waals surface area (Å²) < 4.78 is 2.19. The van der Waals surface area contributed by atoms with Gasteiger partial charge < -0.3 is 15.8 Å². The van der Waals surface area contributed by atoms with E-state index in [2.05, 4.69) is 4.98 Å². The first-order valence-electron chi connectivity index (χ1n) is 11.2. The van der Waals surface area contributed by atoms with Crippen molar-refractivity contribution in [3.63, 3.8) is 0 Å². The predicted octanol–water partition coefficient (Wildman–Crippen LogP) is 2.68. The summed E-state index contributed by atoms with van der Waals surface area (Å²) in [4.78, 5) is 37.7. The first kappa shape index (κ1) is 24.3. The number of pyridine rings is 2. The second-order valence-corrected chi connectivity index (χ2v) is 8.40. The highest BCUT2D eigenvalue weighted by Crippen LogP contribution is 2.26. The normalized spacial score (nSPS) is 12.0. The zero-order valence-corrected chi connectivity index (χ0v) is 19.9. The van der Waals surface area contributed by atoms with E-state index in [0.29, 0.717) is 27.9 Å². The minimum Gasteiger partial charge on any atom is -0.619 e. The van der Waals surface area contributed by atoms with Crippen LogP contribution in [0.5, 0.6) is 0 Å². The fourth-order valence-electron chi connectivity index (χ4n) is 4.07. The van der Waals surface area contributed by atoms with Crippen LogP contribution in [0.25, 0.3) is 11.0 Å². The van der Waals surface area contributed by atoms with Gasteiger partial charge in [0.05, 0.1) is 23.5 Å². The van der Waals surface area contributed by atoms with Gasteiger partial charge in [0.1, 0.15) is 11.0 Å². The van der Waals surface area contributed by atoms with Crippen molar-refractivity contribution in [3.8, 4) is 0 Å². The summed E-state index contributed by atoms with van der Waals surface area (Å²) in [5.74, 6) is 0.0720. The highest BCUT2D eigenvalue weighted by molar-refractivity contribution is 6.29. The first-order chi connectivity index (χ1) is 16.9. The molecule has 35 heavy (non-hydrogen) atoms. The standard InChI is InChI=1S/C25H25ClN6O3/c1-2-20(31(15-12-27)24(33)18-10-13-30(35)14-11-18)23-29-22-19(8-9-21(26)28-22)25(34)32(23)16-17-6-4-3-5-7-17/h3-11,13-14,20H,2,12,15-16,27H2,1H3. The molecule has 2 N–H and O–H groups in total. The van der Waals surface area contributed by atoms with E-state index >= 15 is 0 Å². The Bertz CT molecular complexity index is 1390. The van der Waals surface area contributed by atoms with Crippen LogP contribution in [0.4, 0.5) is 0 Å². The van der Waals surface area contributed by atoms with E-state index < -0.39 is 6.04 Å². The molecule has 0 radical (unpaired) electrons. The van der Waals surface area contributed by atoms with Gasteiger partial charge in [0.25, 0.3) is 11.5 Å². The summed E-state index contributed by atoms with van der Waals surface area (Å²) in [5, 5.41) is 12.0. The van der Waals surface area contributed by atoms with Crippen molar-refractivity contribution < 1.29 is 9.52 Å². The summed E-state index contributed by atoms with van der Waals surface area (Å²) in [6.45, 7) is 2.61. The van der Waals surface area contributed by atoms with Crippen LogP contribution in [0.1, 0.15) is 41.1 Å². The fraction of sp³-hybridized carbons (Fsp3) is 0.240. The number of hydrogen-bond acceptors (Lipinski definition) is 6. The minimum absolute atomic E-state index is 0.206. The SMILES string of the molecule is CCC(c1nc2nc(Cl)ccc2c(=O)n1Cc1ccccc1)N(CCN)C(=O)c1cc[n+]([O-])cc1. The Labute approximate surface area is 207 Å². The van der Waals surface area contributed by atoms with Gasteiger partial charge >= 0.3 is 0 Å². The Morgan fingerprint density at radius 2 is 1.86 bits per heavy atom.